The molecular formula is C37H55N5O5. The summed E-state index contributed by atoms with van der Waals surface area (Å²) in [6.07, 6.45) is 1.06. The van der Waals surface area contributed by atoms with E-state index in [0.29, 0.717) is 41.0 Å². The van der Waals surface area contributed by atoms with E-state index in [-0.39, 0.29) is 30.5 Å². The van der Waals surface area contributed by atoms with Crippen LogP contribution in [0.15, 0.2) is 36.4 Å². The lowest BCUT2D eigenvalue weighted by atomic mass is 9.45. The number of para-hydroxylation sites is 1. The number of amides is 2. The maximum absolute atomic E-state index is 14.3. The molecule has 1 saturated heterocycles. The predicted octanol–water partition coefficient (Wildman–Crippen LogP) is 4.07. The smallest absolute Gasteiger partial charge is 0.251 e. The van der Waals surface area contributed by atoms with Crippen molar-refractivity contribution in [3.8, 4) is 16.9 Å². The van der Waals surface area contributed by atoms with E-state index >= 15 is 0 Å². The van der Waals surface area contributed by atoms with Crippen molar-refractivity contribution >= 4 is 17.5 Å². The molecule has 10 nitrogen and oxygen atoms in total. The van der Waals surface area contributed by atoms with E-state index in [1.54, 1.807) is 26.1 Å². The van der Waals surface area contributed by atoms with Gasteiger partial charge in [-0.2, -0.15) is 5.06 Å². The van der Waals surface area contributed by atoms with Crippen LogP contribution in [0.4, 0.5) is 5.69 Å². The Labute approximate surface area is 280 Å². The van der Waals surface area contributed by atoms with Crippen molar-refractivity contribution in [1.29, 1.82) is 0 Å². The number of hydroxylamine groups is 2. The number of rotatable bonds is 12. The van der Waals surface area contributed by atoms with E-state index in [1.165, 1.54) is 6.42 Å². The normalized spacial score (nSPS) is 28.7. The van der Waals surface area contributed by atoms with Gasteiger partial charge in [0.1, 0.15) is 11.8 Å². The second kappa shape index (κ2) is 14.1. The molecule has 10 heteroatoms. The second-order valence-electron chi connectivity index (χ2n) is 14.6. The summed E-state index contributed by atoms with van der Waals surface area (Å²) in [6.45, 7) is 12.3. The van der Waals surface area contributed by atoms with Gasteiger partial charge in [0.05, 0.1) is 25.9 Å². The first-order valence-electron chi connectivity index (χ1n) is 17.2. The van der Waals surface area contributed by atoms with Gasteiger partial charge in [-0.15, -0.1) is 0 Å². The van der Waals surface area contributed by atoms with Crippen molar-refractivity contribution in [2.75, 3.05) is 46.2 Å². The Bertz CT molecular complexity index is 1440. The van der Waals surface area contributed by atoms with Gasteiger partial charge in [0.2, 0.25) is 5.91 Å². The first-order valence-corrected chi connectivity index (χ1v) is 17.2. The summed E-state index contributed by atoms with van der Waals surface area (Å²) in [4.78, 5) is 35.5. The number of carbonyl (C=O) groups excluding carboxylic acids is 2. The Kier molecular flexibility index (Phi) is 10.6. The molecule has 3 saturated carbocycles. The van der Waals surface area contributed by atoms with Crippen LogP contribution in [-0.2, 0) is 16.2 Å². The fraction of sp³-hybridized carbons (Fsp3) is 0.622. The third-order valence-electron chi connectivity index (χ3n) is 11.3. The lowest BCUT2D eigenvalue weighted by molar-refractivity contribution is -0.176. The van der Waals surface area contributed by atoms with Gasteiger partial charge in [-0.05, 0) is 73.2 Å². The standard InChI is InChI=1S/C37H55N5O5/c1-10-39-19-31-32(22(3)43)33(36(45)40-30-18-26-17-29(21(30)2)37(26,4)5)42(47-31)20-23-12-11-13-28(34(23)46-9)24-14-25(35(44)38-6)16-27(15-24)41(7)8/h11-16,21-22,26,29-33,39,43H,10,17-20H2,1-9H3,(H,38,44)(H,40,45)/t21-,22-,26+,29+,30-,31-,32+,33-/m0/s1. The number of benzene rings is 2. The predicted molar refractivity (Wildman–Crippen MR) is 185 cm³/mol. The van der Waals surface area contributed by atoms with Gasteiger partial charge < -0.3 is 30.7 Å². The molecule has 6 rings (SSSR count). The number of aliphatic hydroxyl groups excluding tert-OH is 1. The number of hydrogen-bond acceptors (Lipinski definition) is 8. The zero-order chi connectivity index (χ0) is 34.2. The molecule has 0 aromatic heterocycles. The molecule has 0 unspecified atom stereocenters. The maximum Gasteiger partial charge on any atom is 0.251 e. The van der Waals surface area contributed by atoms with E-state index in [9.17, 15) is 14.7 Å². The fourth-order valence-corrected chi connectivity index (χ4v) is 8.44. The van der Waals surface area contributed by atoms with Gasteiger partial charge in [0.15, 0.2) is 0 Å². The van der Waals surface area contributed by atoms with Crippen molar-refractivity contribution < 1.29 is 24.3 Å². The first-order chi connectivity index (χ1) is 22.3. The Balaban J connectivity index is 1.48. The Morgan fingerprint density at radius 1 is 1.19 bits per heavy atom. The summed E-state index contributed by atoms with van der Waals surface area (Å²) < 4.78 is 6.04. The molecule has 2 amide bonds. The Morgan fingerprint density at radius 3 is 2.53 bits per heavy atom. The summed E-state index contributed by atoms with van der Waals surface area (Å²) in [7, 11) is 7.14. The minimum Gasteiger partial charge on any atom is -0.496 e. The minimum absolute atomic E-state index is 0.0972. The highest BCUT2D eigenvalue weighted by molar-refractivity contribution is 5.97. The highest BCUT2D eigenvalue weighted by Crippen LogP contribution is 2.61. The monoisotopic (exact) mass is 649 g/mol. The van der Waals surface area contributed by atoms with Gasteiger partial charge >= 0.3 is 0 Å². The number of nitrogens with one attached hydrogen (secondary N) is 3. The number of nitrogens with zero attached hydrogens (tertiary/aromatic N) is 2. The van der Waals surface area contributed by atoms with E-state index in [0.717, 1.165) is 35.3 Å². The van der Waals surface area contributed by atoms with Crippen molar-refractivity contribution in [2.45, 2.75) is 78.3 Å². The molecule has 1 aliphatic heterocycles. The van der Waals surface area contributed by atoms with Crippen LogP contribution in [0, 0.1) is 29.1 Å². The number of anilines is 1. The molecule has 4 N–H and O–H groups in total. The van der Waals surface area contributed by atoms with Crippen LogP contribution in [0.5, 0.6) is 5.75 Å². The van der Waals surface area contributed by atoms with Crippen molar-refractivity contribution in [3.63, 3.8) is 0 Å². The molecule has 8 atom stereocenters. The molecule has 258 valence electrons. The van der Waals surface area contributed by atoms with Crippen molar-refractivity contribution in [2.24, 2.45) is 29.1 Å². The molecule has 2 aromatic rings. The minimum atomic E-state index is -0.763. The maximum atomic E-state index is 14.3. The van der Waals surface area contributed by atoms with Crippen molar-refractivity contribution in [1.82, 2.24) is 21.0 Å². The molecule has 47 heavy (non-hydrogen) atoms. The third-order valence-corrected chi connectivity index (χ3v) is 11.3. The van der Waals surface area contributed by atoms with Gasteiger partial charge in [-0.25, -0.2) is 0 Å². The highest BCUT2D eigenvalue weighted by atomic mass is 16.7. The van der Waals surface area contributed by atoms with Crippen LogP contribution < -0.4 is 25.6 Å². The van der Waals surface area contributed by atoms with Crippen molar-refractivity contribution in [3.05, 3.63) is 47.5 Å². The lowest BCUT2D eigenvalue weighted by Gasteiger charge is -2.62. The van der Waals surface area contributed by atoms with Crippen LogP contribution in [-0.4, -0.2) is 87.6 Å². The van der Waals surface area contributed by atoms with Crippen LogP contribution in [0.3, 0.4) is 0 Å². The van der Waals surface area contributed by atoms with Gasteiger partial charge in [-0.1, -0.05) is 45.9 Å². The summed E-state index contributed by atoms with van der Waals surface area (Å²) in [5, 5.41) is 22.3. The third kappa shape index (κ3) is 6.75. The average Bonchev–Trinajstić information content (AvgIpc) is 3.41. The summed E-state index contributed by atoms with van der Waals surface area (Å²) in [6, 6.07) is 11.1. The van der Waals surface area contributed by atoms with E-state index < -0.39 is 18.1 Å². The van der Waals surface area contributed by atoms with E-state index in [2.05, 4.69) is 36.7 Å². The number of aliphatic hydroxyl groups is 1. The number of fused-ring (bicyclic) bond motifs is 2. The van der Waals surface area contributed by atoms with Gasteiger partial charge in [-0.3, -0.25) is 14.4 Å². The fourth-order valence-electron chi connectivity index (χ4n) is 8.44. The zero-order valence-electron chi connectivity index (χ0n) is 29.6. The summed E-state index contributed by atoms with van der Waals surface area (Å²) >= 11 is 0. The van der Waals surface area contributed by atoms with Crippen LogP contribution in [0.25, 0.3) is 11.1 Å². The highest BCUT2D eigenvalue weighted by Gasteiger charge is 2.57. The summed E-state index contributed by atoms with van der Waals surface area (Å²) in [5.41, 5.74) is 4.25. The first kappa shape index (κ1) is 35.1. The molecule has 4 aliphatic rings. The van der Waals surface area contributed by atoms with Crippen LogP contribution >= 0.6 is 0 Å². The van der Waals surface area contributed by atoms with Crippen LogP contribution in [0.1, 0.15) is 63.4 Å². The molecule has 2 bridgehead atoms. The second-order valence-corrected chi connectivity index (χ2v) is 14.6. The number of ether oxygens (including phenoxy) is 1. The largest absolute Gasteiger partial charge is 0.496 e. The number of hydrogen-bond donors (Lipinski definition) is 4. The Morgan fingerprint density at radius 2 is 1.94 bits per heavy atom. The number of carbonyl (C=O) groups is 2. The van der Waals surface area contributed by atoms with Crippen LogP contribution in [0.2, 0.25) is 0 Å². The van der Waals surface area contributed by atoms with E-state index in [1.807, 2.05) is 62.3 Å². The molecular weight excluding hydrogens is 594 g/mol. The molecule has 0 spiro atoms. The topological polar surface area (TPSA) is 115 Å². The number of likely N-dealkylation sites (N-methyl/N-ethyl adjacent to an activating group) is 1. The summed E-state index contributed by atoms with van der Waals surface area (Å²) in [5.74, 6) is 1.52. The lowest BCUT2D eigenvalue weighted by Crippen LogP contribution is -2.62. The zero-order valence-corrected chi connectivity index (χ0v) is 29.6. The molecule has 3 aliphatic carbocycles. The number of methoxy groups -OCH3 is 1. The molecule has 1 heterocycles. The van der Waals surface area contributed by atoms with Gasteiger partial charge in [0.25, 0.3) is 5.91 Å². The molecule has 2 aromatic carbocycles. The average molecular weight is 650 g/mol. The quantitative estimate of drug-likeness (QED) is 0.272. The Hall–Kier alpha value is -3.18. The SMILES string of the molecule is CCNC[C@@H]1ON(Cc2cccc(-c3cc(C(=O)NC)cc(N(C)C)c3)c2OC)[C@H](C(=O)N[C@H]2C[C@H]3C[C@H]([C@@H]2C)C3(C)C)[C@@H]1[C@H](C)O. The van der Waals surface area contributed by atoms with Gasteiger partial charge in [0, 0.05) is 62.0 Å². The molecule has 4 fully saturated rings. The van der Waals surface area contributed by atoms with E-state index in [4.69, 9.17) is 9.57 Å². The molecule has 0 radical (unpaired) electrons.